The lowest BCUT2D eigenvalue weighted by Gasteiger charge is -2.13. The third-order valence-corrected chi connectivity index (χ3v) is 6.93. The maximum absolute atomic E-state index is 12.2. The molecule has 0 saturated heterocycles. The van der Waals surface area contributed by atoms with Crippen molar-refractivity contribution >= 4 is 44.6 Å². The summed E-state index contributed by atoms with van der Waals surface area (Å²) < 4.78 is 27.3. The highest BCUT2D eigenvalue weighted by Crippen LogP contribution is 2.27. The molecule has 2 N–H and O–H groups in total. The van der Waals surface area contributed by atoms with Gasteiger partial charge in [-0.2, -0.15) is 0 Å². The number of nitrogens with one attached hydrogen (secondary N) is 2. The zero-order chi connectivity index (χ0) is 17.7. The molecular weight excluding hydrogens is 380 g/mol. The molecule has 1 aliphatic rings. The first-order valence-electron chi connectivity index (χ1n) is 8.06. The molecule has 134 valence electrons. The quantitative estimate of drug-likeness (QED) is 0.679. The van der Waals surface area contributed by atoms with E-state index in [0.717, 1.165) is 24.3 Å². The van der Waals surface area contributed by atoms with Gasteiger partial charge >= 0.3 is 0 Å². The van der Waals surface area contributed by atoms with E-state index in [9.17, 15) is 8.42 Å². The van der Waals surface area contributed by atoms with Crippen molar-refractivity contribution in [2.75, 3.05) is 16.6 Å². The van der Waals surface area contributed by atoms with Gasteiger partial charge in [-0.25, -0.2) is 8.42 Å². The minimum Gasteiger partial charge on any atom is -0.368 e. The Labute approximate surface area is 156 Å². The van der Waals surface area contributed by atoms with Crippen LogP contribution < -0.4 is 10.0 Å². The molecule has 9 heteroatoms. The van der Waals surface area contributed by atoms with Crippen LogP contribution in [0.4, 0.5) is 11.6 Å². The number of halogens is 1. The monoisotopic (exact) mass is 398 g/mol. The number of hydrogen-bond acceptors (Lipinski definition) is 6. The van der Waals surface area contributed by atoms with Crippen LogP contribution in [0.2, 0.25) is 4.34 Å². The van der Waals surface area contributed by atoms with Crippen molar-refractivity contribution in [1.82, 2.24) is 10.2 Å². The molecule has 0 aromatic carbocycles. The number of allylic oxidation sites excluding steroid dienone is 1. The second kappa shape index (κ2) is 8.16. The van der Waals surface area contributed by atoms with Crippen molar-refractivity contribution in [2.45, 2.75) is 36.3 Å². The van der Waals surface area contributed by atoms with Crippen LogP contribution in [0.5, 0.6) is 0 Å². The van der Waals surface area contributed by atoms with Gasteiger partial charge in [-0.3, -0.25) is 4.72 Å². The van der Waals surface area contributed by atoms with Gasteiger partial charge in [0.1, 0.15) is 10.0 Å². The Morgan fingerprint density at radius 1 is 1.12 bits per heavy atom. The number of nitrogens with zero attached hydrogens (tertiary/aromatic N) is 2. The lowest BCUT2D eigenvalue weighted by Crippen LogP contribution is -2.13. The minimum absolute atomic E-state index is 0.141. The van der Waals surface area contributed by atoms with Gasteiger partial charge in [0.05, 0.1) is 4.34 Å². The van der Waals surface area contributed by atoms with Crippen LogP contribution in [0.1, 0.15) is 32.1 Å². The van der Waals surface area contributed by atoms with E-state index in [-0.39, 0.29) is 10.0 Å². The highest BCUT2D eigenvalue weighted by molar-refractivity contribution is 7.94. The van der Waals surface area contributed by atoms with E-state index in [2.05, 4.69) is 26.3 Å². The molecule has 2 aromatic rings. The molecule has 3 rings (SSSR count). The number of rotatable bonds is 7. The minimum atomic E-state index is -3.68. The summed E-state index contributed by atoms with van der Waals surface area (Å²) in [6.45, 7) is 0.791. The molecule has 0 radical (unpaired) electrons. The fourth-order valence-electron chi connectivity index (χ4n) is 2.59. The SMILES string of the molecule is O=S(=O)(Nc1ccc(NCCC2=CCCCC2)nn1)c1ccc(Cl)s1. The standard InChI is InChI=1S/C16H19ClN4O2S2/c17-13-6-9-16(24-13)25(22,23)21-15-8-7-14(19-20-15)18-11-10-12-4-2-1-3-5-12/h4,6-9H,1-3,5,10-11H2,(H,18,19)(H,20,21). The van der Waals surface area contributed by atoms with Gasteiger partial charge in [0.15, 0.2) is 5.82 Å². The summed E-state index contributed by atoms with van der Waals surface area (Å²) in [4.78, 5) is 0. The lowest BCUT2D eigenvalue weighted by molar-refractivity contribution is 0.603. The lowest BCUT2D eigenvalue weighted by atomic mass is 9.97. The van der Waals surface area contributed by atoms with Crippen molar-refractivity contribution in [2.24, 2.45) is 0 Å². The Morgan fingerprint density at radius 2 is 1.92 bits per heavy atom. The van der Waals surface area contributed by atoms with Crippen LogP contribution in [0.3, 0.4) is 0 Å². The van der Waals surface area contributed by atoms with Crippen LogP contribution in [0, 0.1) is 0 Å². The van der Waals surface area contributed by atoms with Gasteiger partial charge < -0.3 is 5.32 Å². The van der Waals surface area contributed by atoms with E-state index in [4.69, 9.17) is 11.6 Å². The molecule has 2 heterocycles. The first-order valence-corrected chi connectivity index (χ1v) is 10.7. The normalized spacial score (nSPS) is 14.8. The van der Waals surface area contributed by atoms with Crippen molar-refractivity contribution in [3.63, 3.8) is 0 Å². The fourth-order valence-corrected chi connectivity index (χ4v) is 5.07. The van der Waals surface area contributed by atoms with E-state index < -0.39 is 10.0 Å². The maximum atomic E-state index is 12.2. The van der Waals surface area contributed by atoms with Gasteiger partial charge in [-0.05, 0) is 56.4 Å². The van der Waals surface area contributed by atoms with E-state index in [0.29, 0.717) is 10.2 Å². The molecule has 0 unspecified atom stereocenters. The second-order valence-corrected chi connectivity index (χ2v) is 9.38. The second-order valence-electron chi connectivity index (χ2n) is 5.75. The van der Waals surface area contributed by atoms with E-state index in [1.165, 1.54) is 37.3 Å². The van der Waals surface area contributed by atoms with Crippen molar-refractivity contribution in [1.29, 1.82) is 0 Å². The molecule has 0 aliphatic heterocycles. The summed E-state index contributed by atoms with van der Waals surface area (Å²) in [7, 11) is -3.68. The molecule has 0 fully saturated rings. The number of thiophene rings is 1. The predicted molar refractivity (Wildman–Crippen MR) is 102 cm³/mol. The summed E-state index contributed by atoms with van der Waals surface area (Å²) >= 11 is 6.77. The molecule has 2 aromatic heterocycles. The fraction of sp³-hybridized carbons (Fsp3) is 0.375. The summed E-state index contributed by atoms with van der Waals surface area (Å²) in [6.07, 6.45) is 8.24. The van der Waals surface area contributed by atoms with Crippen molar-refractivity contribution in [3.05, 3.63) is 40.3 Å². The molecule has 0 amide bonds. The van der Waals surface area contributed by atoms with Crippen LogP contribution in [0.15, 0.2) is 40.1 Å². The smallest absolute Gasteiger partial charge is 0.272 e. The van der Waals surface area contributed by atoms with Crippen LogP contribution in [0.25, 0.3) is 0 Å². The Balaban J connectivity index is 1.54. The highest BCUT2D eigenvalue weighted by atomic mass is 35.5. The molecule has 6 nitrogen and oxygen atoms in total. The van der Waals surface area contributed by atoms with Crippen molar-refractivity contribution in [3.8, 4) is 0 Å². The zero-order valence-electron chi connectivity index (χ0n) is 13.5. The van der Waals surface area contributed by atoms with Gasteiger partial charge in [0.25, 0.3) is 10.0 Å². The molecule has 0 spiro atoms. The Morgan fingerprint density at radius 3 is 2.56 bits per heavy atom. The first-order chi connectivity index (χ1) is 12.0. The highest BCUT2D eigenvalue weighted by Gasteiger charge is 2.17. The average Bonchev–Trinajstić information content (AvgIpc) is 3.05. The van der Waals surface area contributed by atoms with Crippen LogP contribution in [-0.2, 0) is 10.0 Å². The summed E-state index contributed by atoms with van der Waals surface area (Å²) in [5, 5.41) is 11.1. The van der Waals surface area contributed by atoms with Gasteiger partial charge in [-0.1, -0.05) is 23.3 Å². The van der Waals surface area contributed by atoms with E-state index in [1.54, 1.807) is 18.2 Å². The Hall–Kier alpha value is -1.64. The largest absolute Gasteiger partial charge is 0.368 e. The topological polar surface area (TPSA) is 84.0 Å². The number of hydrogen-bond donors (Lipinski definition) is 2. The molecular formula is C16H19ClN4O2S2. The molecule has 0 atom stereocenters. The molecule has 25 heavy (non-hydrogen) atoms. The van der Waals surface area contributed by atoms with Gasteiger partial charge in [0, 0.05) is 6.54 Å². The third-order valence-electron chi connectivity index (χ3n) is 3.85. The van der Waals surface area contributed by atoms with E-state index >= 15 is 0 Å². The zero-order valence-corrected chi connectivity index (χ0v) is 15.9. The summed E-state index contributed by atoms with van der Waals surface area (Å²) in [5.41, 5.74) is 1.49. The summed E-state index contributed by atoms with van der Waals surface area (Å²) in [6, 6.07) is 6.29. The first kappa shape index (κ1) is 18.2. The number of anilines is 2. The third kappa shape index (κ3) is 5.17. The van der Waals surface area contributed by atoms with Crippen molar-refractivity contribution < 1.29 is 8.42 Å². The van der Waals surface area contributed by atoms with Gasteiger partial charge in [-0.15, -0.1) is 21.5 Å². The number of sulfonamides is 1. The average molecular weight is 399 g/mol. The van der Waals surface area contributed by atoms with Crippen LogP contribution >= 0.6 is 22.9 Å². The van der Waals surface area contributed by atoms with E-state index in [1.807, 2.05) is 0 Å². The molecule has 0 bridgehead atoms. The Kier molecular flexibility index (Phi) is 5.93. The van der Waals surface area contributed by atoms with Gasteiger partial charge in [0.2, 0.25) is 0 Å². The maximum Gasteiger partial charge on any atom is 0.272 e. The van der Waals surface area contributed by atoms with Crippen LogP contribution in [-0.4, -0.2) is 25.2 Å². The molecule has 0 saturated carbocycles. The summed E-state index contributed by atoms with van der Waals surface area (Å²) in [5.74, 6) is 0.795. The number of aromatic nitrogens is 2. The predicted octanol–water partition coefficient (Wildman–Crippen LogP) is 4.29. The Bertz CT molecular complexity index is 847. The molecule has 1 aliphatic carbocycles.